The molecule has 160 valence electrons. The molecule has 4 aromatic carbocycles. The average Bonchev–Trinajstić information content (AvgIpc) is 2.83. The van der Waals surface area contributed by atoms with Crippen molar-refractivity contribution in [1.29, 1.82) is 0 Å². The predicted molar refractivity (Wildman–Crippen MR) is 125 cm³/mol. The maximum atomic E-state index is 12.9. The van der Waals surface area contributed by atoms with E-state index in [4.69, 9.17) is 10.5 Å². The third-order valence-corrected chi connectivity index (χ3v) is 5.27. The molecule has 0 aliphatic carbocycles. The Bertz CT molecular complexity index is 1230. The summed E-state index contributed by atoms with van der Waals surface area (Å²) in [7, 11) is 0. The number of ether oxygens (including phenoxy) is 1. The number of hydrogen-bond donors (Lipinski definition) is 2. The standard InChI is InChI=1S/C27H24N2O3/c28-26(30)25(29-27(31)24-15-7-12-21-11-4-5-14-23(21)24)17-20-10-6-13-22(16-20)32-18-19-8-2-1-3-9-19/h1-16,25H,17-18H2,(H2,28,30)(H,29,31)/t25-/m1/s1. The van der Waals surface area contributed by atoms with Crippen LogP contribution >= 0.6 is 0 Å². The molecule has 0 bridgehead atoms. The van der Waals surface area contributed by atoms with E-state index in [2.05, 4.69) is 5.32 Å². The summed E-state index contributed by atoms with van der Waals surface area (Å²) >= 11 is 0. The molecule has 0 saturated heterocycles. The number of fused-ring (bicyclic) bond motifs is 1. The monoisotopic (exact) mass is 424 g/mol. The lowest BCUT2D eigenvalue weighted by atomic mass is 10.0. The van der Waals surface area contributed by atoms with Crippen LogP contribution in [0.3, 0.4) is 0 Å². The molecular formula is C27H24N2O3. The van der Waals surface area contributed by atoms with Crippen LogP contribution in [0.4, 0.5) is 0 Å². The quantitative estimate of drug-likeness (QED) is 0.444. The first-order valence-corrected chi connectivity index (χ1v) is 10.4. The summed E-state index contributed by atoms with van der Waals surface area (Å²) in [5.41, 5.74) is 8.03. The number of nitrogens with one attached hydrogen (secondary N) is 1. The van der Waals surface area contributed by atoms with Crippen LogP contribution in [0.2, 0.25) is 0 Å². The maximum Gasteiger partial charge on any atom is 0.252 e. The Balaban J connectivity index is 1.46. The van der Waals surface area contributed by atoms with Gasteiger partial charge in [0, 0.05) is 12.0 Å². The van der Waals surface area contributed by atoms with Crippen molar-refractivity contribution in [3.8, 4) is 5.75 Å². The predicted octanol–water partition coefficient (Wildman–Crippen LogP) is 4.25. The summed E-state index contributed by atoms with van der Waals surface area (Å²) in [5.74, 6) is -0.230. The summed E-state index contributed by atoms with van der Waals surface area (Å²) < 4.78 is 5.87. The molecule has 0 aromatic heterocycles. The van der Waals surface area contributed by atoms with E-state index in [0.717, 1.165) is 21.9 Å². The summed E-state index contributed by atoms with van der Waals surface area (Å²) in [5, 5.41) is 4.58. The highest BCUT2D eigenvalue weighted by Gasteiger charge is 2.21. The zero-order chi connectivity index (χ0) is 22.3. The fourth-order valence-corrected chi connectivity index (χ4v) is 3.62. The minimum Gasteiger partial charge on any atom is -0.489 e. The molecule has 0 fully saturated rings. The number of benzene rings is 4. The number of primary amides is 1. The van der Waals surface area contributed by atoms with Crippen molar-refractivity contribution in [1.82, 2.24) is 5.32 Å². The van der Waals surface area contributed by atoms with Gasteiger partial charge in [-0.1, -0.05) is 78.9 Å². The van der Waals surface area contributed by atoms with E-state index in [1.165, 1.54) is 0 Å². The molecule has 0 aliphatic heterocycles. The minimum atomic E-state index is -0.842. The Morgan fingerprint density at radius 2 is 1.50 bits per heavy atom. The molecule has 0 heterocycles. The first-order valence-electron chi connectivity index (χ1n) is 10.4. The van der Waals surface area contributed by atoms with E-state index < -0.39 is 11.9 Å². The lowest BCUT2D eigenvalue weighted by Gasteiger charge is -2.17. The normalized spacial score (nSPS) is 11.6. The second-order valence-electron chi connectivity index (χ2n) is 7.58. The van der Waals surface area contributed by atoms with Gasteiger partial charge in [-0.3, -0.25) is 9.59 Å². The van der Waals surface area contributed by atoms with Crippen molar-refractivity contribution in [2.24, 2.45) is 5.73 Å². The molecule has 3 N–H and O–H groups in total. The van der Waals surface area contributed by atoms with Gasteiger partial charge in [0.05, 0.1) is 0 Å². The molecule has 0 radical (unpaired) electrons. The van der Waals surface area contributed by atoms with Gasteiger partial charge in [-0.15, -0.1) is 0 Å². The van der Waals surface area contributed by atoms with Crippen LogP contribution in [-0.4, -0.2) is 17.9 Å². The highest BCUT2D eigenvalue weighted by molar-refractivity contribution is 6.08. The van der Waals surface area contributed by atoms with Gasteiger partial charge in [0.1, 0.15) is 18.4 Å². The molecule has 0 spiro atoms. The van der Waals surface area contributed by atoms with Crippen molar-refractivity contribution < 1.29 is 14.3 Å². The van der Waals surface area contributed by atoms with Crippen molar-refractivity contribution in [3.63, 3.8) is 0 Å². The van der Waals surface area contributed by atoms with E-state index in [-0.39, 0.29) is 12.3 Å². The van der Waals surface area contributed by atoms with Crippen LogP contribution in [0.5, 0.6) is 5.75 Å². The van der Waals surface area contributed by atoms with Gasteiger partial charge in [-0.2, -0.15) is 0 Å². The number of carbonyl (C=O) groups excluding carboxylic acids is 2. The van der Waals surface area contributed by atoms with E-state index in [1.54, 1.807) is 6.07 Å². The minimum absolute atomic E-state index is 0.272. The summed E-state index contributed by atoms with van der Waals surface area (Å²) in [6.07, 6.45) is 0.272. The number of hydrogen-bond acceptors (Lipinski definition) is 3. The fourth-order valence-electron chi connectivity index (χ4n) is 3.62. The molecule has 4 aromatic rings. The van der Waals surface area contributed by atoms with E-state index >= 15 is 0 Å². The lowest BCUT2D eigenvalue weighted by molar-refractivity contribution is -0.119. The highest BCUT2D eigenvalue weighted by Crippen LogP contribution is 2.20. The topological polar surface area (TPSA) is 81.4 Å². The first kappa shape index (κ1) is 21.1. The third-order valence-electron chi connectivity index (χ3n) is 5.27. The lowest BCUT2D eigenvalue weighted by Crippen LogP contribution is -2.45. The largest absolute Gasteiger partial charge is 0.489 e. The second-order valence-corrected chi connectivity index (χ2v) is 7.58. The highest BCUT2D eigenvalue weighted by atomic mass is 16.5. The van der Waals surface area contributed by atoms with Gasteiger partial charge < -0.3 is 15.8 Å². The van der Waals surface area contributed by atoms with Crippen molar-refractivity contribution in [2.75, 3.05) is 0 Å². The number of nitrogens with two attached hydrogens (primary N) is 1. The van der Waals surface area contributed by atoms with Gasteiger partial charge in [0.25, 0.3) is 5.91 Å². The molecular weight excluding hydrogens is 400 g/mol. The molecule has 5 nitrogen and oxygen atoms in total. The Morgan fingerprint density at radius 3 is 2.31 bits per heavy atom. The average molecular weight is 425 g/mol. The van der Waals surface area contributed by atoms with E-state index in [9.17, 15) is 9.59 Å². The number of carbonyl (C=O) groups is 2. The zero-order valence-electron chi connectivity index (χ0n) is 17.5. The Morgan fingerprint density at radius 1 is 0.812 bits per heavy atom. The second kappa shape index (κ2) is 9.79. The van der Waals surface area contributed by atoms with Gasteiger partial charge >= 0.3 is 0 Å². The van der Waals surface area contributed by atoms with Crippen molar-refractivity contribution in [3.05, 3.63) is 114 Å². The van der Waals surface area contributed by atoms with Crippen molar-refractivity contribution >= 4 is 22.6 Å². The van der Waals surface area contributed by atoms with Gasteiger partial charge in [0.15, 0.2) is 0 Å². The smallest absolute Gasteiger partial charge is 0.252 e. The number of amides is 2. The van der Waals surface area contributed by atoms with Crippen LogP contribution in [0.25, 0.3) is 10.8 Å². The molecule has 2 amide bonds. The molecule has 4 rings (SSSR count). The molecule has 0 aliphatic rings. The maximum absolute atomic E-state index is 12.9. The van der Waals surface area contributed by atoms with E-state index in [0.29, 0.717) is 17.9 Å². The van der Waals surface area contributed by atoms with Crippen molar-refractivity contribution in [2.45, 2.75) is 19.1 Å². The molecule has 5 heteroatoms. The molecule has 32 heavy (non-hydrogen) atoms. The molecule has 1 atom stereocenters. The van der Waals surface area contributed by atoms with Gasteiger partial charge in [-0.25, -0.2) is 0 Å². The summed E-state index contributed by atoms with van der Waals surface area (Å²) in [4.78, 5) is 25.1. The Labute approximate surface area is 186 Å². The summed E-state index contributed by atoms with van der Waals surface area (Å²) in [6.45, 7) is 0.446. The van der Waals surface area contributed by atoms with Crippen LogP contribution in [0, 0.1) is 0 Å². The Kier molecular flexibility index (Phi) is 6.46. The zero-order valence-corrected chi connectivity index (χ0v) is 17.5. The van der Waals surface area contributed by atoms with Crippen LogP contribution < -0.4 is 15.8 Å². The molecule has 0 saturated carbocycles. The fraction of sp³-hybridized carbons (Fsp3) is 0.111. The molecule has 0 unspecified atom stereocenters. The van der Waals surface area contributed by atoms with Gasteiger partial charge in [-0.05, 0) is 40.1 Å². The first-order chi connectivity index (χ1) is 15.6. The van der Waals surface area contributed by atoms with Crippen LogP contribution in [-0.2, 0) is 17.8 Å². The van der Waals surface area contributed by atoms with Crippen LogP contribution in [0.15, 0.2) is 97.1 Å². The van der Waals surface area contributed by atoms with Crippen LogP contribution in [0.1, 0.15) is 21.5 Å². The Hall–Kier alpha value is -4.12. The number of rotatable bonds is 8. The van der Waals surface area contributed by atoms with Gasteiger partial charge in [0.2, 0.25) is 5.91 Å². The third kappa shape index (κ3) is 5.13. The van der Waals surface area contributed by atoms with E-state index in [1.807, 2.05) is 91.0 Å². The summed E-state index contributed by atoms with van der Waals surface area (Å²) in [6, 6.07) is 29.6. The SMILES string of the molecule is NC(=O)[C@@H](Cc1cccc(OCc2ccccc2)c1)NC(=O)c1cccc2ccccc12.